The molecular formula is C17H9F3N2O2. The summed E-state index contributed by atoms with van der Waals surface area (Å²) in [7, 11) is 0. The molecule has 0 spiro atoms. The lowest BCUT2D eigenvalue weighted by atomic mass is 10.1. The summed E-state index contributed by atoms with van der Waals surface area (Å²) in [6.07, 6.45) is 5.07. The van der Waals surface area contributed by atoms with Gasteiger partial charge < -0.3 is 15.9 Å². The molecule has 0 saturated heterocycles. The maximum Gasteiger partial charge on any atom is 0.195 e. The minimum absolute atomic E-state index is 0.103. The van der Waals surface area contributed by atoms with Gasteiger partial charge in [-0.15, -0.1) is 6.42 Å². The first-order valence-electron chi connectivity index (χ1n) is 6.61. The monoisotopic (exact) mass is 330 g/mol. The van der Waals surface area contributed by atoms with Crippen LogP contribution in [-0.4, -0.2) is 0 Å². The molecule has 0 saturated carbocycles. The molecule has 4 N–H and O–H groups in total. The first kappa shape index (κ1) is 15.5. The molecule has 0 aliphatic rings. The Morgan fingerprint density at radius 2 is 1.79 bits per heavy atom. The molecular weight excluding hydrogens is 321 g/mol. The summed E-state index contributed by atoms with van der Waals surface area (Å²) in [5.74, 6) is -1.49. The van der Waals surface area contributed by atoms with E-state index < -0.39 is 45.1 Å². The average molecular weight is 330 g/mol. The van der Waals surface area contributed by atoms with Crippen LogP contribution in [0.5, 0.6) is 0 Å². The SMILES string of the molecule is C#Cc1c(F)c(N)c2c(=O)cc(-c3ccc(N)c(F)c3)oc2c1F. The lowest BCUT2D eigenvalue weighted by Crippen LogP contribution is -2.09. The Labute approximate surface area is 133 Å². The zero-order valence-electron chi connectivity index (χ0n) is 12.0. The van der Waals surface area contributed by atoms with Crippen molar-refractivity contribution in [3.05, 3.63) is 57.5 Å². The van der Waals surface area contributed by atoms with E-state index in [9.17, 15) is 18.0 Å². The Bertz CT molecular complexity index is 1100. The minimum atomic E-state index is -1.23. The van der Waals surface area contributed by atoms with E-state index >= 15 is 0 Å². The molecule has 2 aromatic carbocycles. The van der Waals surface area contributed by atoms with E-state index in [4.69, 9.17) is 22.3 Å². The molecule has 3 rings (SSSR count). The highest BCUT2D eigenvalue weighted by molar-refractivity contribution is 5.92. The fraction of sp³-hybridized carbons (Fsp3) is 0. The number of halogens is 3. The largest absolute Gasteiger partial charge is 0.453 e. The van der Waals surface area contributed by atoms with E-state index in [-0.39, 0.29) is 17.0 Å². The number of fused-ring (bicyclic) bond motifs is 1. The summed E-state index contributed by atoms with van der Waals surface area (Å²) in [4.78, 5) is 12.2. The highest BCUT2D eigenvalue weighted by Gasteiger charge is 2.22. The third kappa shape index (κ3) is 2.16. The summed E-state index contributed by atoms with van der Waals surface area (Å²) in [6.45, 7) is 0. The van der Waals surface area contributed by atoms with Crippen molar-refractivity contribution in [1.29, 1.82) is 0 Å². The number of benzene rings is 2. The molecule has 0 atom stereocenters. The van der Waals surface area contributed by atoms with Gasteiger partial charge in [0.1, 0.15) is 17.1 Å². The molecule has 120 valence electrons. The molecule has 0 fully saturated rings. The Hall–Kier alpha value is -3.40. The highest BCUT2D eigenvalue weighted by atomic mass is 19.1. The molecule has 24 heavy (non-hydrogen) atoms. The number of hydrogen-bond donors (Lipinski definition) is 2. The van der Waals surface area contributed by atoms with E-state index in [0.29, 0.717) is 0 Å². The van der Waals surface area contributed by atoms with Crippen LogP contribution in [0.3, 0.4) is 0 Å². The lowest BCUT2D eigenvalue weighted by molar-refractivity contribution is 0.543. The standard InChI is InChI=1S/C17H9F3N2O2/c1-2-8-14(19)16(22)13-11(23)6-12(24-17(13)15(8)20)7-3-4-10(21)9(18)5-7/h1,3-6H,21-22H2. The molecule has 0 amide bonds. The van der Waals surface area contributed by atoms with Crippen LogP contribution in [-0.2, 0) is 0 Å². The Morgan fingerprint density at radius 3 is 2.42 bits per heavy atom. The molecule has 1 aromatic heterocycles. The fourth-order valence-corrected chi connectivity index (χ4v) is 2.31. The van der Waals surface area contributed by atoms with Gasteiger partial charge >= 0.3 is 0 Å². The highest BCUT2D eigenvalue weighted by Crippen LogP contribution is 2.31. The number of rotatable bonds is 1. The Morgan fingerprint density at radius 1 is 1.08 bits per heavy atom. The van der Waals surface area contributed by atoms with Gasteiger partial charge in [0.25, 0.3) is 0 Å². The van der Waals surface area contributed by atoms with Gasteiger partial charge in [0.05, 0.1) is 16.8 Å². The number of nitrogens with two attached hydrogens (primary N) is 2. The van der Waals surface area contributed by atoms with Gasteiger partial charge in [-0.25, -0.2) is 13.2 Å². The fourth-order valence-electron chi connectivity index (χ4n) is 2.31. The zero-order chi connectivity index (χ0) is 17.6. The Balaban J connectivity index is 2.41. The van der Waals surface area contributed by atoms with Crippen molar-refractivity contribution < 1.29 is 17.6 Å². The number of terminal acetylenes is 1. The van der Waals surface area contributed by atoms with Crippen LogP contribution in [0.25, 0.3) is 22.3 Å². The van der Waals surface area contributed by atoms with Gasteiger partial charge in [-0.2, -0.15) is 0 Å². The van der Waals surface area contributed by atoms with Gasteiger partial charge in [-0.3, -0.25) is 4.79 Å². The van der Waals surface area contributed by atoms with Crippen molar-refractivity contribution in [2.75, 3.05) is 11.5 Å². The van der Waals surface area contributed by atoms with Gasteiger partial charge in [-0.05, 0) is 18.2 Å². The second kappa shape index (κ2) is 5.35. The van der Waals surface area contributed by atoms with Crippen LogP contribution in [0.2, 0.25) is 0 Å². The van der Waals surface area contributed by atoms with Crippen molar-refractivity contribution in [2.24, 2.45) is 0 Å². The van der Waals surface area contributed by atoms with E-state index in [2.05, 4.69) is 0 Å². The van der Waals surface area contributed by atoms with Gasteiger partial charge in [0, 0.05) is 11.6 Å². The van der Waals surface area contributed by atoms with Crippen LogP contribution < -0.4 is 16.9 Å². The molecule has 0 unspecified atom stereocenters. The van der Waals surface area contributed by atoms with Gasteiger partial charge in [0.15, 0.2) is 22.6 Å². The van der Waals surface area contributed by atoms with Crippen molar-refractivity contribution in [3.8, 4) is 23.7 Å². The molecule has 0 aliphatic carbocycles. The van der Waals surface area contributed by atoms with Crippen LogP contribution >= 0.6 is 0 Å². The third-order valence-electron chi connectivity index (χ3n) is 3.52. The van der Waals surface area contributed by atoms with Crippen LogP contribution in [0.15, 0.2) is 33.5 Å². The first-order valence-corrected chi connectivity index (χ1v) is 6.61. The van der Waals surface area contributed by atoms with Crippen LogP contribution in [0.1, 0.15) is 5.56 Å². The molecule has 0 aliphatic heterocycles. The predicted molar refractivity (Wildman–Crippen MR) is 84.6 cm³/mol. The maximum absolute atomic E-state index is 14.4. The van der Waals surface area contributed by atoms with E-state index in [0.717, 1.165) is 12.1 Å². The molecule has 4 nitrogen and oxygen atoms in total. The van der Waals surface area contributed by atoms with Crippen LogP contribution in [0, 0.1) is 29.8 Å². The summed E-state index contributed by atoms with van der Waals surface area (Å²) >= 11 is 0. The third-order valence-corrected chi connectivity index (χ3v) is 3.52. The van der Waals surface area contributed by atoms with E-state index in [1.165, 1.54) is 12.1 Å². The predicted octanol–water partition coefficient (Wildman–Crippen LogP) is 3.02. The van der Waals surface area contributed by atoms with Crippen molar-refractivity contribution in [2.45, 2.75) is 0 Å². The second-order valence-corrected chi connectivity index (χ2v) is 4.98. The average Bonchev–Trinajstić information content (AvgIpc) is 2.55. The summed E-state index contributed by atoms with van der Waals surface area (Å²) in [5.41, 5.74) is 8.20. The second-order valence-electron chi connectivity index (χ2n) is 4.98. The summed E-state index contributed by atoms with van der Waals surface area (Å²) < 4.78 is 47.2. The van der Waals surface area contributed by atoms with Crippen molar-refractivity contribution in [3.63, 3.8) is 0 Å². The van der Waals surface area contributed by atoms with E-state index in [1.54, 1.807) is 0 Å². The topological polar surface area (TPSA) is 82.2 Å². The van der Waals surface area contributed by atoms with Crippen molar-refractivity contribution in [1.82, 2.24) is 0 Å². The number of nitrogen functional groups attached to an aromatic ring is 2. The van der Waals surface area contributed by atoms with Crippen molar-refractivity contribution >= 4 is 22.3 Å². The molecule has 0 radical (unpaired) electrons. The molecule has 0 bridgehead atoms. The summed E-state index contributed by atoms with van der Waals surface area (Å²) in [6, 6.07) is 4.62. The molecule has 3 aromatic rings. The smallest absolute Gasteiger partial charge is 0.195 e. The Kier molecular flexibility index (Phi) is 3.45. The molecule has 1 heterocycles. The zero-order valence-corrected chi connectivity index (χ0v) is 12.0. The quantitative estimate of drug-likeness (QED) is 0.531. The minimum Gasteiger partial charge on any atom is -0.453 e. The van der Waals surface area contributed by atoms with Gasteiger partial charge in [0.2, 0.25) is 0 Å². The van der Waals surface area contributed by atoms with Gasteiger partial charge in [-0.1, -0.05) is 5.92 Å². The normalized spacial score (nSPS) is 10.8. The van der Waals surface area contributed by atoms with Crippen LogP contribution in [0.4, 0.5) is 24.5 Å². The number of hydrogen-bond acceptors (Lipinski definition) is 4. The number of anilines is 2. The van der Waals surface area contributed by atoms with E-state index in [1.807, 2.05) is 5.92 Å². The summed E-state index contributed by atoms with van der Waals surface area (Å²) in [5, 5.41) is -0.469. The lowest BCUT2D eigenvalue weighted by Gasteiger charge is -2.09. The first-order chi connectivity index (χ1) is 11.3. The maximum atomic E-state index is 14.4. The molecule has 7 heteroatoms.